The minimum atomic E-state index is -0.309. The van der Waals surface area contributed by atoms with Gasteiger partial charge in [-0.15, -0.1) is 11.8 Å². The molecular weight excluding hydrogens is 310 g/mol. The first-order chi connectivity index (χ1) is 11.0. The van der Waals surface area contributed by atoms with Crippen molar-refractivity contribution in [2.75, 3.05) is 0 Å². The lowest BCUT2D eigenvalue weighted by atomic mass is 10.1. The first kappa shape index (κ1) is 15.6. The van der Waals surface area contributed by atoms with Crippen molar-refractivity contribution in [3.63, 3.8) is 0 Å². The molecule has 0 spiro atoms. The van der Waals surface area contributed by atoms with Gasteiger partial charge in [0.2, 0.25) is 0 Å². The highest BCUT2D eigenvalue weighted by molar-refractivity contribution is 7.98. The highest BCUT2D eigenvalue weighted by atomic mass is 32.2. The Bertz CT molecular complexity index is 1000. The Morgan fingerprint density at radius 1 is 1.09 bits per heavy atom. The molecule has 0 aliphatic rings. The predicted molar refractivity (Wildman–Crippen MR) is 93.0 cm³/mol. The minimum absolute atomic E-state index is 0.286. The molecule has 3 aromatic rings. The van der Waals surface area contributed by atoms with Crippen LogP contribution >= 0.6 is 11.8 Å². The summed E-state index contributed by atoms with van der Waals surface area (Å²) < 4.78 is 2.61. The molecule has 2 heterocycles. The first-order valence-electron chi connectivity index (χ1n) is 7.22. The summed E-state index contributed by atoms with van der Waals surface area (Å²) >= 11 is 1.52. The Kier molecular flexibility index (Phi) is 4.09. The van der Waals surface area contributed by atoms with Crippen LogP contribution in [0.15, 0.2) is 51.0 Å². The van der Waals surface area contributed by atoms with Gasteiger partial charge in [0.05, 0.1) is 10.5 Å². The summed E-state index contributed by atoms with van der Waals surface area (Å²) in [5.74, 6) is 0.520. The summed E-state index contributed by atoms with van der Waals surface area (Å²) in [7, 11) is 3.16. The van der Waals surface area contributed by atoms with E-state index in [-0.39, 0.29) is 11.2 Å². The maximum atomic E-state index is 12.0. The third-order valence-corrected chi connectivity index (χ3v) is 4.84. The fourth-order valence-corrected chi connectivity index (χ4v) is 3.45. The zero-order chi connectivity index (χ0) is 16.6. The van der Waals surface area contributed by atoms with Crippen LogP contribution in [-0.4, -0.2) is 14.1 Å². The van der Waals surface area contributed by atoms with E-state index in [0.29, 0.717) is 11.4 Å². The second-order valence-electron chi connectivity index (χ2n) is 5.46. The quantitative estimate of drug-likeness (QED) is 0.692. The molecule has 23 heavy (non-hydrogen) atoms. The molecule has 0 saturated heterocycles. The van der Waals surface area contributed by atoms with Gasteiger partial charge in [-0.05, 0) is 24.6 Å². The molecule has 0 aliphatic carbocycles. The van der Waals surface area contributed by atoms with Crippen LogP contribution < -0.4 is 11.2 Å². The van der Waals surface area contributed by atoms with E-state index < -0.39 is 0 Å². The van der Waals surface area contributed by atoms with Crippen molar-refractivity contribution in [3.05, 3.63) is 68.5 Å². The maximum Gasteiger partial charge on any atom is 0.330 e. The normalized spacial score (nSPS) is 11.1. The van der Waals surface area contributed by atoms with Crippen molar-refractivity contribution in [2.45, 2.75) is 17.7 Å². The van der Waals surface area contributed by atoms with Gasteiger partial charge in [-0.3, -0.25) is 13.9 Å². The Labute approximate surface area is 137 Å². The number of aryl methyl sites for hydroxylation is 1. The monoisotopic (exact) mass is 327 g/mol. The average molecular weight is 327 g/mol. The number of rotatable bonds is 3. The fourth-order valence-electron chi connectivity index (χ4n) is 2.46. The van der Waals surface area contributed by atoms with Crippen LogP contribution in [0.4, 0.5) is 0 Å². The molecule has 118 valence electrons. The molecule has 0 atom stereocenters. The average Bonchev–Trinajstić information content (AvgIpc) is 2.55. The molecule has 1 aromatic carbocycles. The van der Waals surface area contributed by atoms with Crippen molar-refractivity contribution in [3.8, 4) is 0 Å². The van der Waals surface area contributed by atoms with Gasteiger partial charge < -0.3 is 0 Å². The van der Waals surface area contributed by atoms with Crippen LogP contribution in [0.5, 0.6) is 0 Å². The van der Waals surface area contributed by atoms with E-state index in [0.717, 1.165) is 26.1 Å². The van der Waals surface area contributed by atoms with Crippen LogP contribution in [0, 0.1) is 6.92 Å². The SMILES string of the molecule is Cc1cc(SCc2cc(=O)n(C)c(=O)n2C)nc2ccccc12. The molecule has 5 nitrogen and oxygen atoms in total. The summed E-state index contributed by atoms with van der Waals surface area (Å²) in [6, 6.07) is 11.5. The van der Waals surface area contributed by atoms with Crippen molar-refractivity contribution >= 4 is 22.7 Å². The maximum absolute atomic E-state index is 12.0. The van der Waals surface area contributed by atoms with E-state index in [4.69, 9.17) is 0 Å². The molecule has 6 heteroatoms. The Balaban J connectivity index is 1.93. The predicted octanol–water partition coefficient (Wildman–Crippen LogP) is 2.23. The smallest absolute Gasteiger partial charge is 0.300 e. The van der Waals surface area contributed by atoms with Crippen molar-refractivity contribution < 1.29 is 0 Å². The number of para-hydroxylation sites is 1. The minimum Gasteiger partial charge on any atom is -0.300 e. The lowest BCUT2D eigenvalue weighted by molar-refractivity contribution is 0.665. The summed E-state index contributed by atoms with van der Waals surface area (Å²) in [5, 5.41) is 2.02. The van der Waals surface area contributed by atoms with Gasteiger partial charge in [-0.25, -0.2) is 9.78 Å². The number of hydrogen-bond donors (Lipinski definition) is 0. The van der Waals surface area contributed by atoms with Crippen LogP contribution in [0.25, 0.3) is 10.9 Å². The van der Waals surface area contributed by atoms with Gasteiger partial charge in [0.1, 0.15) is 0 Å². The fraction of sp³-hybridized carbons (Fsp3) is 0.235. The summed E-state index contributed by atoms with van der Waals surface area (Å²) in [6.07, 6.45) is 0. The number of benzene rings is 1. The third-order valence-electron chi connectivity index (χ3n) is 3.89. The van der Waals surface area contributed by atoms with Gasteiger partial charge in [-0.2, -0.15) is 0 Å². The van der Waals surface area contributed by atoms with E-state index >= 15 is 0 Å². The van der Waals surface area contributed by atoms with Gasteiger partial charge in [0, 0.05) is 37.0 Å². The van der Waals surface area contributed by atoms with Gasteiger partial charge in [-0.1, -0.05) is 18.2 Å². The number of thioether (sulfide) groups is 1. The Hall–Kier alpha value is -2.34. The highest BCUT2D eigenvalue weighted by Gasteiger charge is 2.08. The topological polar surface area (TPSA) is 56.9 Å². The van der Waals surface area contributed by atoms with E-state index in [1.54, 1.807) is 7.05 Å². The van der Waals surface area contributed by atoms with Crippen molar-refractivity contribution in [2.24, 2.45) is 14.1 Å². The molecule has 0 bridgehead atoms. The number of nitrogens with zero attached hydrogens (tertiary/aromatic N) is 3. The van der Waals surface area contributed by atoms with E-state index in [1.807, 2.05) is 24.3 Å². The van der Waals surface area contributed by atoms with Crippen LogP contribution in [0.1, 0.15) is 11.3 Å². The molecule has 0 saturated carbocycles. The molecule has 0 N–H and O–H groups in total. The highest BCUT2D eigenvalue weighted by Crippen LogP contribution is 2.25. The van der Waals surface area contributed by atoms with E-state index in [9.17, 15) is 9.59 Å². The van der Waals surface area contributed by atoms with Crippen LogP contribution in [0.2, 0.25) is 0 Å². The second-order valence-corrected chi connectivity index (χ2v) is 6.45. The van der Waals surface area contributed by atoms with Gasteiger partial charge in [0.15, 0.2) is 0 Å². The number of fused-ring (bicyclic) bond motifs is 1. The molecule has 0 amide bonds. The van der Waals surface area contributed by atoms with Crippen LogP contribution in [0.3, 0.4) is 0 Å². The zero-order valence-electron chi connectivity index (χ0n) is 13.2. The van der Waals surface area contributed by atoms with E-state index in [1.165, 1.54) is 29.4 Å². The zero-order valence-corrected chi connectivity index (χ0v) is 14.1. The molecule has 2 aromatic heterocycles. The molecule has 0 radical (unpaired) electrons. The summed E-state index contributed by atoms with van der Waals surface area (Å²) in [4.78, 5) is 28.4. The largest absolute Gasteiger partial charge is 0.330 e. The molecule has 3 rings (SSSR count). The van der Waals surface area contributed by atoms with Gasteiger partial charge >= 0.3 is 5.69 Å². The number of hydrogen-bond acceptors (Lipinski definition) is 4. The van der Waals surface area contributed by atoms with Crippen molar-refractivity contribution in [1.29, 1.82) is 0 Å². The first-order valence-corrected chi connectivity index (χ1v) is 8.21. The third kappa shape index (κ3) is 2.94. The summed E-state index contributed by atoms with van der Waals surface area (Å²) in [6.45, 7) is 2.06. The number of aromatic nitrogens is 3. The van der Waals surface area contributed by atoms with Crippen LogP contribution in [-0.2, 0) is 19.8 Å². The Morgan fingerprint density at radius 2 is 1.83 bits per heavy atom. The molecular formula is C17H17N3O2S. The molecule has 0 aliphatic heterocycles. The van der Waals surface area contributed by atoms with Crippen molar-refractivity contribution in [1.82, 2.24) is 14.1 Å². The lowest BCUT2D eigenvalue weighted by Crippen LogP contribution is -2.37. The summed E-state index contributed by atoms with van der Waals surface area (Å²) in [5.41, 5.74) is 2.21. The second kappa shape index (κ2) is 6.04. The molecule has 0 unspecified atom stereocenters. The van der Waals surface area contributed by atoms with E-state index in [2.05, 4.69) is 18.0 Å². The van der Waals surface area contributed by atoms with Gasteiger partial charge in [0.25, 0.3) is 5.56 Å². The molecule has 0 fully saturated rings. The Morgan fingerprint density at radius 3 is 2.61 bits per heavy atom. The lowest BCUT2D eigenvalue weighted by Gasteiger charge is -2.10. The number of pyridine rings is 1. The standard InChI is InChI=1S/C17H17N3O2S/c1-11-8-15(18-14-7-5-4-6-13(11)14)23-10-12-9-16(21)20(3)17(22)19(12)2/h4-9H,10H2,1-3H3.